The van der Waals surface area contributed by atoms with E-state index < -0.39 is 11.7 Å². The molecule has 9 heteroatoms. The van der Waals surface area contributed by atoms with Crippen molar-refractivity contribution in [2.75, 3.05) is 25.5 Å². The number of hydrogen-bond acceptors (Lipinski definition) is 4. The lowest BCUT2D eigenvalue weighted by molar-refractivity contribution is -0.137. The molecule has 0 aliphatic rings. The van der Waals surface area contributed by atoms with Gasteiger partial charge < -0.3 is 15.4 Å². The number of methoxy groups -OCH3 is 1. The molecule has 1 aromatic carbocycles. The van der Waals surface area contributed by atoms with Crippen LogP contribution in [0, 0.1) is 0 Å². The van der Waals surface area contributed by atoms with Crippen molar-refractivity contribution in [3.05, 3.63) is 52.1 Å². The molecule has 5 nitrogen and oxygen atoms in total. The Labute approximate surface area is 157 Å². The Morgan fingerprint density at radius 2 is 2.00 bits per heavy atom. The van der Waals surface area contributed by atoms with Crippen molar-refractivity contribution >= 4 is 27.7 Å². The van der Waals surface area contributed by atoms with E-state index in [-0.39, 0.29) is 5.91 Å². The number of alkyl halides is 3. The van der Waals surface area contributed by atoms with Crippen molar-refractivity contribution in [3.8, 4) is 5.75 Å². The minimum Gasteiger partial charge on any atom is -0.496 e. The van der Waals surface area contributed by atoms with Gasteiger partial charge in [0.2, 0.25) is 0 Å². The average Bonchev–Trinajstić information content (AvgIpc) is 2.60. The van der Waals surface area contributed by atoms with E-state index in [2.05, 4.69) is 31.5 Å². The molecule has 0 saturated carbocycles. The molecular weight excluding hydrogens is 415 g/mol. The first kappa shape index (κ1) is 20.0. The van der Waals surface area contributed by atoms with Gasteiger partial charge in [0, 0.05) is 24.8 Å². The Kier molecular flexibility index (Phi) is 6.84. The fourth-order valence-corrected chi connectivity index (χ4v) is 2.62. The summed E-state index contributed by atoms with van der Waals surface area (Å²) >= 11 is 3.32. The molecule has 26 heavy (non-hydrogen) atoms. The van der Waals surface area contributed by atoms with Crippen LogP contribution in [0.3, 0.4) is 0 Å². The number of pyridine rings is 1. The van der Waals surface area contributed by atoms with Gasteiger partial charge in [-0.25, -0.2) is 4.98 Å². The number of amides is 1. The van der Waals surface area contributed by atoms with Crippen LogP contribution in [0.4, 0.5) is 19.0 Å². The molecule has 0 atom stereocenters. The molecule has 0 unspecified atom stereocenters. The summed E-state index contributed by atoms with van der Waals surface area (Å²) in [5.74, 6) is 0.763. The molecule has 1 amide bonds. The smallest absolute Gasteiger partial charge is 0.417 e. The third-order valence-electron chi connectivity index (χ3n) is 3.45. The summed E-state index contributed by atoms with van der Waals surface area (Å²) in [4.78, 5) is 15.8. The number of halogens is 4. The number of nitrogens with one attached hydrogen (secondary N) is 2. The van der Waals surface area contributed by atoms with Gasteiger partial charge in [-0.15, -0.1) is 0 Å². The summed E-state index contributed by atoms with van der Waals surface area (Å²) in [6, 6.07) is 7.26. The summed E-state index contributed by atoms with van der Waals surface area (Å²) in [6.45, 7) is 0.876. The molecule has 140 valence electrons. The first-order chi connectivity index (χ1) is 12.3. The Morgan fingerprint density at radius 3 is 2.58 bits per heavy atom. The maximum absolute atomic E-state index is 12.4. The van der Waals surface area contributed by atoms with Crippen molar-refractivity contribution < 1.29 is 22.7 Å². The lowest BCUT2D eigenvalue weighted by atomic mass is 10.2. The van der Waals surface area contributed by atoms with E-state index in [9.17, 15) is 18.0 Å². The van der Waals surface area contributed by atoms with Crippen molar-refractivity contribution in [2.24, 2.45) is 0 Å². The fourth-order valence-electron chi connectivity index (χ4n) is 2.08. The summed E-state index contributed by atoms with van der Waals surface area (Å²) in [7, 11) is 1.54. The van der Waals surface area contributed by atoms with Crippen LogP contribution in [0.1, 0.15) is 22.3 Å². The van der Waals surface area contributed by atoms with E-state index in [1.807, 2.05) is 0 Å². The van der Waals surface area contributed by atoms with Gasteiger partial charge in [-0.1, -0.05) is 0 Å². The minimum absolute atomic E-state index is 0.221. The monoisotopic (exact) mass is 431 g/mol. The third-order valence-corrected chi connectivity index (χ3v) is 4.07. The maximum Gasteiger partial charge on any atom is 0.417 e. The molecule has 1 heterocycles. The largest absolute Gasteiger partial charge is 0.496 e. The van der Waals surface area contributed by atoms with Gasteiger partial charge in [-0.05, 0) is 52.7 Å². The van der Waals surface area contributed by atoms with Crippen LogP contribution in [0.2, 0.25) is 0 Å². The van der Waals surface area contributed by atoms with Crippen molar-refractivity contribution in [2.45, 2.75) is 12.6 Å². The Balaban J connectivity index is 1.73. The minimum atomic E-state index is -4.40. The van der Waals surface area contributed by atoms with Crippen molar-refractivity contribution in [1.29, 1.82) is 0 Å². The lowest BCUT2D eigenvalue weighted by Crippen LogP contribution is -2.25. The van der Waals surface area contributed by atoms with Gasteiger partial charge >= 0.3 is 6.18 Å². The normalized spacial score (nSPS) is 11.1. The molecule has 0 spiro atoms. The van der Waals surface area contributed by atoms with Gasteiger partial charge in [0.25, 0.3) is 5.91 Å². The topological polar surface area (TPSA) is 63.2 Å². The molecule has 0 aliphatic carbocycles. The first-order valence-electron chi connectivity index (χ1n) is 7.70. The van der Waals surface area contributed by atoms with Crippen LogP contribution < -0.4 is 15.4 Å². The first-order valence-corrected chi connectivity index (χ1v) is 8.49. The SMILES string of the molecule is COc1ccc(C(=O)NCCCNc2ccc(C(F)(F)F)cn2)cc1Br. The van der Waals surface area contributed by atoms with Gasteiger partial charge in [0.15, 0.2) is 0 Å². The molecular formula is C17H17BrF3N3O2. The highest BCUT2D eigenvalue weighted by molar-refractivity contribution is 9.10. The molecule has 0 aliphatic heterocycles. The van der Waals surface area contributed by atoms with Gasteiger partial charge in [-0.2, -0.15) is 13.2 Å². The van der Waals surface area contributed by atoms with E-state index in [1.165, 1.54) is 6.07 Å². The molecule has 1 aromatic heterocycles. The predicted molar refractivity (Wildman–Crippen MR) is 95.4 cm³/mol. The van der Waals surface area contributed by atoms with E-state index in [4.69, 9.17) is 4.74 Å². The lowest BCUT2D eigenvalue weighted by Gasteiger charge is -2.10. The number of carbonyl (C=O) groups is 1. The van der Waals surface area contributed by atoms with E-state index >= 15 is 0 Å². The van der Waals surface area contributed by atoms with Crippen LogP contribution in [-0.4, -0.2) is 31.1 Å². The number of ether oxygens (including phenoxy) is 1. The standard InChI is InChI=1S/C17H17BrF3N3O2/c1-26-14-5-3-11(9-13(14)18)16(25)23-8-2-7-22-15-6-4-12(10-24-15)17(19,20)21/h3-6,9-10H,2,7-8H2,1H3,(H,22,24)(H,23,25). The second-order valence-electron chi connectivity index (χ2n) is 5.32. The summed E-state index contributed by atoms with van der Waals surface area (Å²) in [5, 5.41) is 5.68. The maximum atomic E-state index is 12.4. The van der Waals surface area contributed by atoms with Gasteiger partial charge in [0.05, 0.1) is 17.1 Å². The van der Waals surface area contributed by atoms with Crippen LogP contribution >= 0.6 is 15.9 Å². The van der Waals surface area contributed by atoms with Crippen LogP contribution in [0.15, 0.2) is 41.0 Å². The number of hydrogen-bond donors (Lipinski definition) is 2. The van der Waals surface area contributed by atoms with Crippen LogP contribution in [0.25, 0.3) is 0 Å². The number of benzene rings is 1. The van der Waals surface area contributed by atoms with Crippen LogP contribution in [0.5, 0.6) is 5.75 Å². The van der Waals surface area contributed by atoms with Crippen LogP contribution in [-0.2, 0) is 6.18 Å². The number of carbonyl (C=O) groups excluding carboxylic acids is 1. The molecule has 0 bridgehead atoms. The van der Waals surface area contributed by atoms with Gasteiger partial charge in [-0.3, -0.25) is 4.79 Å². The zero-order valence-corrected chi connectivity index (χ0v) is 15.4. The number of aromatic nitrogens is 1. The Bertz CT molecular complexity index is 752. The highest BCUT2D eigenvalue weighted by Crippen LogP contribution is 2.28. The molecule has 0 saturated heterocycles. The molecule has 2 N–H and O–H groups in total. The van der Waals surface area contributed by atoms with Crippen molar-refractivity contribution in [1.82, 2.24) is 10.3 Å². The van der Waals surface area contributed by atoms with Gasteiger partial charge in [0.1, 0.15) is 11.6 Å². The fraction of sp³-hybridized carbons (Fsp3) is 0.294. The second-order valence-corrected chi connectivity index (χ2v) is 6.17. The highest BCUT2D eigenvalue weighted by atomic mass is 79.9. The molecule has 2 aromatic rings. The molecule has 0 radical (unpaired) electrons. The van der Waals surface area contributed by atoms with E-state index in [0.29, 0.717) is 41.1 Å². The Morgan fingerprint density at radius 1 is 1.23 bits per heavy atom. The highest BCUT2D eigenvalue weighted by Gasteiger charge is 2.30. The quantitative estimate of drug-likeness (QED) is 0.647. The molecule has 0 fully saturated rings. The number of anilines is 1. The number of rotatable bonds is 7. The summed E-state index contributed by atoms with van der Waals surface area (Å²) in [5.41, 5.74) is -0.295. The van der Waals surface area contributed by atoms with E-state index in [1.54, 1.807) is 25.3 Å². The van der Waals surface area contributed by atoms with Crippen molar-refractivity contribution in [3.63, 3.8) is 0 Å². The second kappa shape index (κ2) is 8.88. The molecule has 2 rings (SSSR count). The number of nitrogens with zero attached hydrogens (tertiary/aromatic N) is 1. The zero-order chi connectivity index (χ0) is 19.2. The zero-order valence-electron chi connectivity index (χ0n) is 13.9. The Hall–Kier alpha value is -2.29. The third kappa shape index (κ3) is 5.62. The van der Waals surface area contributed by atoms with E-state index in [0.717, 1.165) is 12.3 Å². The average molecular weight is 432 g/mol. The summed E-state index contributed by atoms with van der Waals surface area (Å²) in [6.07, 6.45) is -3.02. The predicted octanol–water partition coefficient (Wildman–Crippen LogP) is 4.10. The summed E-state index contributed by atoms with van der Waals surface area (Å²) < 4.78 is 43.1.